The molecule has 2 N–H and O–H groups in total. The van der Waals surface area contributed by atoms with Crippen molar-refractivity contribution < 1.29 is 22.7 Å². The Morgan fingerprint density at radius 1 is 1.09 bits per heavy atom. The Labute approximate surface area is 206 Å². The second-order valence-corrected chi connectivity index (χ2v) is 13.1. The predicted octanol–water partition coefficient (Wildman–Crippen LogP) is 4.96. The van der Waals surface area contributed by atoms with Crippen molar-refractivity contribution in [2.24, 2.45) is 33.7 Å². The monoisotopic (exact) mass is 505 g/mol. The maximum Gasteiger partial charge on any atom is 0.338 e. The van der Waals surface area contributed by atoms with Gasteiger partial charge < -0.3 is 4.74 Å². The molecule has 4 aliphatic carbocycles. The normalized spacial score (nSPS) is 37.6. The van der Waals surface area contributed by atoms with Crippen LogP contribution in [-0.4, -0.2) is 26.3 Å². The topological polar surface area (TPSA) is 104 Å². The Morgan fingerprint density at radius 2 is 1.85 bits per heavy atom. The van der Waals surface area contributed by atoms with Gasteiger partial charge in [-0.25, -0.2) is 18.4 Å². The van der Waals surface area contributed by atoms with E-state index >= 15 is 0 Å². The number of primary sulfonamides is 1. The molecule has 3 saturated carbocycles. The molecule has 34 heavy (non-hydrogen) atoms. The highest BCUT2D eigenvalue weighted by Crippen LogP contribution is 2.66. The van der Waals surface area contributed by atoms with Gasteiger partial charge in [-0.1, -0.05) is 31.5 Å². The number of sulfonamides is 1. The molecule has 0 amide bonds. The Balaban J connectivity index is 1.36. The highest BCUT2D eigenvalue weighted by atomic mass is 35.5. The molecule has 0 heterocycles. The number of carbonyl (C=O) groups is 2. The number of ketones is 1. The van der Waals surface area contributed by atoms with Crippen LogP contribution >= 0.6 is 11.6 Å². The zero-order chi connectivity index (χ0) is 24.5. The van der Waals surface area contributed by atoms with E-state index in [1.807, 2.05) is 0 Å². The molecule has 0 bridgehead atoms. The van der Waals surface area contributed by atoms with E-state index in [1.165, 1.54) is 23.8 Å². The number of esters is 1. The largest absolute Gasteiger partial charge is 0.458 e. The number of fused-ring (bicyclic) bond motifs is 5. The number of halogens is 1. The summed E-state index contributed by atoms with van der Waals surface area (Å²) in [7, 11) is -3.90. The molecule has 1 aromatic rings. The van der Waals surface area contributed by atoms with Gasteiger partial charge in [-0.3, -0.25) is 4.79 Å². The summed E-state index contributed by atoms with van der Waals surface area (Å²) in [5, 5.41) is 5.71. The van der Waals surface area contributed by atoms with Crippen LogP contribution < -0.4 is 5.14 Å². The fraction of sp³-hybridized carbons (Fsp3) is 0.615. The quantitative estimate of drug-likeness (QED) is 0.585. The first-order valence-electron chi connectivity index (χ1n) is 12.2. The summed E-state index contributed by atoms with van der Waals surface area (Å²) >= 11 is 6.51. The van der Waals surface area contributed by atoms with Crippen molar-refractivity contribution in [2.75, 3.05) is 0 Å². The van der Waals surface area contributed by atoms with Crippen LogP contribution in [0.15, 0.2) is 39.8 Å². The fourth-order valence-corrected chi connectivity index (χ4v) is 8.76. The average molecular weight is 506 g/mol. The summed E-state index contributed by atoms with van der Waals surface area (Å²) in [5.41, 5.74) is 1.25. The van der Waals surface area contributed by atoms with Crippen molar-refractivity contribution in [1.29, 1.82) is 0 Å². The van der Waals surface area contributed by atoms with E-state index in [4.69, 9.17) is 21.5 Å². The van der Waals surface area contributed by atoms with E-state index in [2.05, 4.69) is 13.8 Å². The number of carbonyl (C=O) groups excluding carboxylic acids is 2. The number of ether oxygens (including phenoxy) is 1. The molecular weight excluding hydrogens is 474 g/mol. The molecular formula is C26H32ClNO5S. The summed E-state index contributed by atoms with van der Waals surface area (Å²) in [5.74, 6) is 1.07. The first-order valence-corrected chi connectivity index (χ1v) is 14.1. The third-order valence-electron chi connectivity index (χ3n) is 9.61. The minimum Gasteiger partial charge on any atom is -0.458 e. The molecule has 0 radical (unpaired) electrons. The lowest BCUT2D eigenvalue weighted by atomic mass is 9.47. The number of hydrogen-bond acceptors (Lipinski definition) is 5. The number of nitrogens with two attached hydrogens (primary N) is 1. The summed E-state index contributed by atoms with van der Waals surface area (Å²) in [4.78, 5) is 25.1. The Hall–Kier alpha value is -1.70. The Morgan fingerprint density at radius 3 is 2.59 bits per heavy atom. The van der Waals surface area contributed by atoms with Gasteiger partial charge in [-0.15, -0.1) is 0 Å². The Kier molecular flexibility index (Phi) is 5.77. The van der Waals surface area contributed by atoms with Crippen LogP contribution in [0.2, 0.25) is 0 Å². The number of rotatable bonds is 3. The van der Waals surface area contributed by atoms with Crippen molar-refractivity contribution in [1.82, 2.24) is 0 Å². The molecule has 8 heteroatoms. The molecule has 3 unspecified atom stereocenters. The summed E-state index contributed by atoms with van der Waals surface area (Å²) in [6.07, 6.45) is 6.91. The van der Waals surface area contributed by atoms with Crippen molar-refractivity contribution in [3.8, 4) is 0 Å². The van der Waals surface area contributed by atoms with E-state index in [1.54, 1.807) is 6.07 Å². The Bertz CT molecular complexity index is 1190. The summed E-state index contributed by atoms with van der Waals surface area (Å²) in [6.45, 7) is 4.56. The first kappa shape index (κ1) is 24.0. The van der Waals surface area contributed by atoms with Gasteiger partial charge in [-0.2, -0.15) is 0 Å². The van der Waals surface area contributed by atoms with Crippen LogP contribution in [0.1, 0.15) is 75.6 Å². The predicted molar refractivity (Wildman–Crippen MR) is 129 cm³/mol. The highest BCUT2D eigenvalue weighted by Gasteiger charge is 2.60. The van der Waals surface area contributed by atoms with Crippen molar-refractivity contribution in [3.63, 3.8) is 0 Å². The molecule has 0 aromatic heterocycles. The molecule has 5 rings (SSSR count). The number of hydrogen-bond donors (Lipinski definition) is 1. The van der Waals surface area contributed by atoms with E-state index in [-0.39, 0.29) is 33.2 Å². The van der Waals surface area contributed by atoms with Crippen LogP contribution in [0.25, 0.3) is 0 Å². The fourth-order valence-electron chi connectivity index (χ4n) is 7.79. The highest BCUT2D eigenvalue weighted by molar-refractivity contribution is 7.89. The molecule has 6 atom stereocenters. The van der Waals surface area contributed by atoms with E-state index < -0.39 is 16.0 Å². The molecule has 0 aliphatic heterocycles. The molecule has 6 nitrogen and oxygen atoms in total. The maximum atomic E-state index is 13.0. The standard InChI is InChI=1S/C26H32ClNO5S/c1-25-13-11-21(29)23(27)20(25)7-6-17-18-8-9-22(26(18,2)12-10-19(17)25)33-24(30)15-4-3-5-16(14-15)34(28,31)32/h3-5,14,17-19,22H,6-13H2,1-2H3,(H2,28,31,32)/t17?,18?,19?,22-,25+,26-/m0/s1. The minimum absolute atomic E-state index is 0.0157. The second-order valence-electron chi connectivity index (χ2n) is 11.1. The van der Waals surface area contributed by atoms with E-state index in [9.17, 15) is 18.0 Å². The lowest BCUT2D eigenvalue weighted by Crippen LogP contribution is -2.52. The molecule has 1 aromatic carbocycles. The van der Waals surface area contributed by atoms with Gasteiger partial charge in [0.05, 0.1) is 15.5 Å². The minimum atomic E-state index is -3.90. The van der Waals surface area contributed by atoms with Gasteiger partial charge >= 0.3 is 5.97 Å². The lowest BCUT2D eigenvalue weighted by Gasteiger charge is -2.58. The van der Waals surface area contributed by atoms with Gasteiger partial charge in [0, 0.05) is 11.8 Å². The van der Waals surface area contributed by atoms with Gasteiger partial charge in [-0.05, 0) is 91.9 Å². The molecule has 0 spiro atoms. The zero-order valence-corrected chi connectivity index (χ0v) is 21.3. The first-order chi connectivity index (χ1) is 15.9. The molecule has 184 valence electrons. The van der Waals surface area contributed by atoms with Crippen molar-refractivity contribution in [3.05, 3.63) is 40.4 Å². The molecule has 4 aliphatic rings. The number of allylic oxidation sites excluding steroid dienone is 1. The number of benzene rings is 1. The third kappa shape index (κ3) is 3.66. The van der Waals surface area contributed by atoms with Crippen LogP contribution in [0, 0.1) is 28.6 Å². The SMILES string of the molecule is C[C@]12CCC(=O)C(Cl)=C1CCC1C2CC[C@@]2(C)C1CC[C@@H]2OC(=O)c1cccc(S(N)(=O)=O)c1. The van der Waals surface area contributed by atoms with Crippen molar-refractivity contribution in [2.45, 2.75) is 76.2 Å². The van der Waals surface area contributed by atoms with E-state index in [0.29, 0.717) is 29.2 Å². The summed E-state index contributed by atoms with van der Waals surface area (Å²) < 4.78 is 29.4. The smallest absolute Gasteiger partial charge is 0.338 e. The van der Waals surface area contributed by atoms with Crippen LogP contribution in [0.4, 0.5) is 0 Å². The van der Waals surface area contributed by atoms with Gasteiger partial charge in [0.1, 0.15) is 6.10 Å². The zero-order valence-electron chi connectivity index (χ0n) is 19.7. The van der Waals surface area contributed by atoms with Gasteiger partial charge in [0.2, 0.25) is 10.0 Å². The van der Waals surface area contributed by atoms with Gasteiger partial charge in [0.25, 0.3) is 0 Å². The third-order valence-corrected chi connectivity index (χ3v) is 11.0. The number of Topliss-reactive ketones (excluding diaryl/α,β-unsaturated/α-hetero) is 1. The molecule has 0 saturated heterocycles. The van der Waals surface area contributed by atoms with Crippen LogP contribution in [-0.2, 0) is 19.6 Å². The summed E-state index contributed by atoms with van der Waals surface area (Å²) in [6, 6.07) is 5.73. The van der Waals surface area contributed by atoms with Crippen LogP contribution in [0.3, 0.4) is 0 Å². The average Bonchev–Trinajstić information content (AvgIpc) is 3.12. The molecule has 3 fully saturated rings. The van der Waals surface area contributed by atoms with Crippen LogP contribution in [0.5, 0.6) is 0 Å². The maximum absolute atomic E-state index is 13.0. The van der Waals surface area contributed by atoms with Gasteiger partial charge in [0.15, 0.2) is 5.78 Å². The lowest BCUT2D eigenvalue weighted by molar-refractivity contribution is -0.118. The van der Waals surface area contributed by atoms with Crippen molar-refractivity contribution >= 4 is 33.4 Å². The second kappa shape index (κ2) is 8.17. The van der Waals surface area contributed by atoms with E-state index in [0.717, 1.165) is 44.9 Å².